The Labute approximate surface area is 114 Å². The number of non-ortho nitro benzene ring substituents is 1. The van der Waals surface area contributed by atoms with Gasteiger partial charge in [-0.1, -0.05) is 0 Å². The SMILES string of the molecule is C[C@@H](O)c1cc([N+](=O)[O-])ccc1OCc1nncn1C. The van der Waals surface area contributed by atoms with Crippen LogP contribution in [0.2, 0.25) is 0 Å². The van der Waals surface area contributed by atoms with Crippen molar-refractivity contribution in [3.63, 3.8) is 0 Å². The van der Waals surface area contributed by atoms with Crippen LogP contribution in [0.3, 0.4) is 0 Å². The highest BCUT2D eigenvalue weighted by atomic mass is 16.6. The molecule has 1 atom stereocenters. The number of ether oxygens (including phenoxy) is 1. The van der Waals surface area contributed by atoms with Gasteiger partial charge >= 0.3 is 0 Å². The van der Waals surface area contributed by atoms with E-state index in [-0.39, 0.29) is 12.3 Å². The van der Waals surface area contributed by atoms with Gasteiger partial charge in [0.15, 0.2) is 5.82 Å². The number of aryl methyl sites for hydroxylation is 1. The van der Waals surface area contributed by atoms with Gasteiger partial charge < -0.3 is 14.4 Å². The highest BCUT2D eigenvalue weighted by Gasteiger charge is 2.16. The van der Waals surface area contributed by atoms with Gasteiger partial charge in [0.2, 0.25) is 0 Å². The van der Waals surface area contributed by atoms with E-state index in [0.717, 1.165) is 0 Å². The predicted molar refractivity (Wildman–Crippen MR) is 69.1 cm³/mol. The molecule has 1 heterocycles. The van der Waals surface area contributed by atoms with E-state index in [9.17, 15) is 15.2 Å². The van der Waals surface area contributed by atoms with Crippen molar-refractivity contribution in [1.29, 1.82) is 0 Å². The number of hydrogen-bond acceptors (Lipinski definition) is 6. The van der Waals surface area contributed by atoms with Gasteiger partial charge in [0.1, 0.15) is 18.7 Å². The third-order valence-corrected chi connectivity index (χ3v) is 2.82. The number of nitro benzene ring substituents is 1. The maximum absolute atomic E-state index is 10.7. The number of benzene rings is 1. The van der Waals surface area contributed by atoms with E-state index in [1.165, 1.54) is 25.1 Å². The van der Waals surface area contributed by atoms with Crippen LogP contribution >= 0.6 is 0 Å². The Morgan fingerprint density at radius 3 is 2.85 bits per heavy atom. The smallest absolute Gasteiger partial charge is 0.270 e. The van der Waals surface area contributed by atoms with Crippen molar-refractivity contribution in [3.05, 3.63) is 46.0 Å². The summed E-state index contributed by atoms with van der Waals surface area (Å²) < 4.78 is 7.25. The van der Waals surface area contributed by atoms with E-state index in [4.69, 9.17) is 4.74 Å². The molecule has 1 aromatic heterocycles. The molecule has 2 aromatic rings. The molecule has 0 bridgehead atoms. The first-order chi connectivity index (χ1) is 9.49. The highest BCUT2D eigenvalue weighted by molar-refractivity contribution is 5.44. The summed E-state index contributed by atoms with van der Waals surface area (Å²) in [6.07, 6.45) is 0.675. The third-order valence-electron chi connectivity index (χ3n) is 2.82. The zero-order valence-electron chi connectivity index (χ0n) is 11.1. The fraction of sp³-hybridized carbons (Fsp3) is 0.333. The van der Waals surface area contributed by atoms with Crippen molar-refractivity contribution in [2.75, 3.05) is 0 Å². The Morgan fingerprint density at radius 2 is 2.30 bits per heavy atom. The average Bonchev–Trinajstić information content (AvgIpc) is 2.81. The molecule has 8 nitrogen and oxygen atoms in total. The van der Waals surface area contributed by atoms with E-state index in [1.54, 1.807) is 17.9 Å². The largest absolute Gasteiger partial charge is 0.485 e. The fourth-order valence-electron chi connectivity index (χ4n) is 1.69. The molecule has 0 fully saturated rings. The van der Waals surface area contributed by atoms with Gasteiger partial charge in [-0.3, -0.25) is 10.1 Å². The fourth-order valence-corrected chi connectivity index (χ4v) is 1.69. The molecule has 1 aromatic carbocycles. The highest BCUT2D eigenvalue weighted by Crippen LogP contribution is 2.29. The molecule has 0 aliphatic heterocycles. The summed E-state index contributed by atoms with van der Waals surface area (Å²) in [4.78, 5) is 10.2. The molecule has 106 valence electrons. The van der Waals surface area contributed by atoms with Crippen LogP contribution in [0.1, 0.15) is 24.4 Å². The summed E-state index contributed by atoms with van der Waals surface area (Å²) in [5.41, 5.74) is 0.272. The van der Waals surface area contributed by atoms with Crippen LogP contribution < -0.4 is 4.74 Å². The Hall–Kier alpha value is -2.48. The van der Waals surface area contributed by atoms with Gasteiger partial charge in [0.25, 0.3) is 5.69 Å². The van der Waals surface area contributed by atoms with Gasteiger partial charge in [0, 0.05) is 24.7 Å². The lowest BCUT2D eigenvalue weighted by Crippen LogP contribution is -2.06. The van der Waals surface area contributed by atoms with E-state index in [1.807, 2.05) is 0 Å². The topological polar surface area (TPSA) is 103 Å². The number of rotatable bonds is 5. The first-order valence-electron chi connectivity index (χ1n) is 5.91. The van der Waals surface area contributed by atoms with Crippen molar-refractivity contribution >= 4 is 5.69 Å². The molecular formula is C12H14N4O4. The van der Waals surface area contributed by atoms with Crippen LogP contribution in [0.25, 0.3) is 0 Å². The van der Waals surface area contributed by atoms with Gasteiger partial charge in [-0.25, -0.2) is 0 Å². The average molecular weight is 278 g/mol. The molecule has 0 radical (unpaired) electrons. The molecule has 0 saturated carbocycles. The van der Waals surface area contributed by atoms with Gasteiger partial charge in [-0.2, -0.15) is 0 Å². The van der Waals surface area contributed by atoms with Crippen molar-refractivity contribution in [1.82, 2.24) is 14.8 Å². The summed E-state index contributed by atoms with van der Waals surface area (Å²) in [6, 6.07) is 4.10. The Bertz CT molecular complexity index is 624. The second-order valence-corrected chi connectivity index (χ2v) is 4.30. The number of aliphatic hydroxyl groups is 1. The van der Waals surface area contributed by atoms with E-state index >= 15 is 0 Å². The monoisotopic (exact) mass is 278 g/mol. The lowest BCUT2D eigenvalue weighted by atomic mass is 10.1. The summed E-state index contributed by atoms with van der Waals surface area (Å²) in [7, 11) is 1.78. The third kappa shape index (κ3) is 2.91. The Kier molecular flexibility index (Phi) is 3.94. The first-order valence-corrected chi connectivity index (χ1v) is 5.91. The number of nitro groups is 1. The maximum Gasteiger partial charge on any atom is 0.270 e. The van der Waals surface area contributed by atoms with Gasteiger partial charge in [-0.05, 0) is 13.0 Å². The first kappa shape index (κ1) is 13.9. The zero-order valence-corrected chi connectivity index (χ0v) is 11.1. The molecule has 2 rings (SSSR count). The molecule has 8 heteroatoms. The van der Waals surface area contributed by atoms with Crippen LogP contribution in [-0.4, -0.2) is 24.8 Å². The lowest BCUT2D eigenvalue weighted by Gasteiger charge is -2.12. The summed E-state index contributed by atoms with van der Waals surface area (Å²) in [5.74, 6) is 0.994. The normalized spacial score (nSPS) is 12.2. The van der Waals surface area contributed by atoms with Crippen molar-refractivity contribution < 1.29 is 14.8 Å². The van der Waals surface area contributed by atoms with Gasteiger partial charge in [-0.15, -0.1) is 10.2 Å². The maximum atomic E-state index is 10.7. The standard InChI is InChI=1S/C12H14N4O4/c1-8(17)10-5-9(16(18)19)3-4-11(10)20-6-12-14-13-7-15(12)2/h3-5,7-8,17H,6H2,1-2H3/t8-/m1/s1. The molecule has 0 spiro atoms. The van der Waals surface area contributed by atoms with E-state index < -0.39 is 11.0 Å². The van der Waals surface area contributed by atoms with Crippen LogP contribution in [0, 0.1) is 10.1 Å². The summed E-state index contributed by atoms with van der Waals surface area (Å²) in [5, 5.41) is 28.0. The van der Waals surface area contributed by atoms with Crippen LogP contribution in [0.5, 0.6) is 5.75 Å². The zero-order chi connectivity index (χ0) is 14.7. The van der Waals surface area contributed by atoms with Crippen LogP contribution in [0.4, 0.5) is 5.69 Å². The van der Waals surface area contributed by atoms with E-state index in [2.05, 4.69) is 10.2 Å². The van der Waals surface area contributed by atoms with Crippen molar-refractivity contribution in [2.24, 2.45) is 7.05 Å². The lowest BCUT2D eigenvalue weighted by molar-refractivity contribution is -0.385. The van der Waals surface area contributed by atoms with Gasteiger partial charge in [0.05, 0.1) is 11.0 Å². The minimum atomic E-state index is -0.871. The number of hydrogen-bond donors (Lipinski definition) is 1. The second-order valence-electron chi connectivity index (χ2n) is 4.30. The molecule has 0 aliphatic rings. The quantitative estimate of drug-likeness (QED) is 0.654. The number of aliphatic hydroxyl groups excluding tert-OH is 1. The van der Waals surface area contributed by atoms with Crippen LogP contribution in [-0.2, 0) is 13.7 Å². The van der Waals surface area contributed by atoms with Crippen LogP contribution in [0.15, 0.2) is 24.5 Å². The molecule has 20 heavy (non-hydrogen) atoms. The predicted octanol–water partition coefficient (Wildman–Crippen LogP) is 1.36. The van der Waals surface area contributed by atoms with Crippen molar-refractivity contribution in [3.8, 4) is 5.75 Å². The molecule has 1 N–H and O–H groups in total. The molecule has 0 amide bonds. The number of nitrogens with zero attached hydrogens (tertiary/aromatic N) is 4. The number of aromatic nitrogens is 3. The Morgan fingerprint density at radius 1 is 1.55 bits per heavy atom. The minimum absolute atomic E-state index is 0.0908. The molecule has 0 unspecified atom stereocenters. The van der Waals surface area contributed by atoms with E-state index in [0.29, 0.717) is 17.1 Å². The molecule has 0 saturated heterocycles. The van der Waals surface area contributed by atoms with Crippen molar-refractivity contribution in [2.45, 2.75) is 19.6 Å². The molecule has 0 aliphatic carbocycles. The minimum Gasteiger partial charge on any atom is -0.485 e. The Balaban J connectivity index is 2.22. The molecular weight excluding hydrogens is 264 g/mol. The summed E-state index contributed by atoms with van der Waals surface area (Å²) in [6.45, 7) is 1.68. The summed E-state index contributed by atoms with van der Waals surface area (Å²) >= 11 is 0. The second kappa shape index (κ2) is 5.66.